The zero-order valence-corrected chi connectivity index (χ0v) is 16.6. The molecule has 31 heavy (non-hydrogen) atoms. The van der Waals surface area contributed by atoms with Crippen LogP contribution in [0, 0.1) is 0 Å². The summed E-state index contributed by atoms with van der Waals surface area (Å²) in [5.74, 6) is 0. The average Bonchev–Trinajstić information content (AvgIpc) is 2.66. The molecule has 10 heteroatoms. The van der Waals surface area contributed by atoms with Crippen LogP contribution in [0.25, 0.3) is 21.5 Å². The van der Waals surface area contributed by atoms with E-state index in [-0.39, 0.29) is 86.5 Å². The van der Waals surface area contributed by atoms with Crippen LogP contribution in [0.4, 0.5) is 0 Å². The molecule has 0 aliphatic heterocycles. The first-order chi connectivity index (χ1) is 13.7. The van der Waals surface area contributed by atoms with E-state index in [9.17, 15) is 25.9 Å². The van der Waals surface area contributed by atoms with Gasteiger partial charge in [-0.05, 0) is 44.8 Å². The minimum absolute atomic E-state index is 0. The Kier molecular flexibility index (Phi) is 8.55. The Morgan fingerprint density at radius 2 is 0.903 bits per heavy atom. The van der Waals surface area contributed by atoms with Crippen molar-refractivity contribution >= 4 is 101 Å². The van der Waals surface area contributed by atoms with Crippen molar-refractivity contribution < 1.29 is 25.9 Å². The van der Waals surface area contributed by atoms with Crippen LogP contribution < -0.4 is 0 Å². The second-order valence-electron chi connectivity index (χ2n) is 6.65. The van der Waals surface area contributed by atoms with E-state index in [0.29, 0.717) is 10.8 Å². The molecule has 0 saturated heterocycles. The van der Waals surface area contributed by atoms with E-state index in [4.69, 9.17) is 0 Å². The van der Waals surface area contributed by atoms with Crippen molar-refractivity contribution in [1.29, 1.82) is 0 Å². The van der Waals surface area contributed by atoms with E-state index >= 15 is 0 Å². The SMILES string of the molecule is O=S(=O)(O)c1ccc2ccccc2c1Cc1c(S(=O)(=O)O)ccc2ccccc12.[NaH].[NaH]. The third-order valence-corrected chi connectivity index (χ3v) is 6.78. The summed E-state index contributed by atoms with van der Waals surface area (Å²) in [6, 6.07) is 19.8. The maximum absolute atomic E-state index is 12.0. The Hall–Kier alpha value is -0.780. The zero-order valence-electron chi connectivity index (χ0n) is 15.0. The quantitative estimate of drug-likeness (QED) is 0.346. The summed E-state index contributed by atoms with van der Waals surface area (Å²) in [4.78, 5) is -0.601. The fourth-order valence-corrected chi connectivity index (χ4v) is 5.12. The van der Waals surface area contributed by atoms with Crippen LogP contribution in [0.15, 0.2) is 82.6 Å². The molecule has 0 unspecified atom stereocenters. The molecule has 6 nitrogen and oxygen atoms in total. The van der Waals surface area contributed by atoms with Crippen molar-refractivity contribution in [3.05, 3.63) is 83.9 Å². The number of fused-ring (bicyclic) bond motifs is 2. The van der Waals surface area contributed by atoms with E-state index < -0.39 is 20.2 Å². The summed E-state index contributed by atoms with van der Waals surface area (Å²) >= 11 is 0. The van der Waals surface area contributed by atoms with Crippen LogP contribution >= 0.6 is 0 Å². The van der Waals surface area contributed by atoms with E-state index in [1.807, 2.05) is 0 Å². The molecule has 4 rings (SSSR count). The molecule has 0 aromatic heterocycles. The molecule has 4 aromatic rings. The Labute approximate surface area is 224 Å². The molecule has 0 aliphatic carbocycles. The monoisotopic (exact) mass is 476 g/mol. The van der Waals surface area contributed by atoms with Crippen LogP contribution in [0.5, 0.6) is 0 Å². The van der Waals surface area contributed by atoms with E-state index in [2.05, 4.69) is 0 Å². The molecule has 0 fully saturated rings. The van der Waals surface area contributed by atoms with Gasteiger partial charge in [0.05, 0.1) is 9.79 Å². The topological polar surface area (TPSA) is 109 Å². The molecule has 0 spiro atoms. The molecule has 2 N–H and O–H groups in total. The third kappa shape index (κ3) is 5.42. The molecule has 0 bridgehead atoms. The van der Waals surface area contributed by atoms with Gasteiger partial charge in [-0.1, -0.05) is 60.7 Å². The van der Waals surface area contributed by atoms with E-state index in [1.54, 1.807) is 60.7 Å². The van der Waals surface area contributed by atoms with Gasteiger partial charge in [0.15, 0.2) is 0 Å². The van der Waals surface area contributed by atoms with Crippen LogP contribution in [-0.2, 0) is 26.7 Å². The van der Waals surface area contributed by atoms with Crippen molar-refractivity contribution in [2.45, 2.75) is 16.2 Å². The second-order valence-corrected chi connectivity index (χ2v) is 9.43. The van der Waals surface area contributed by atoms with Gasteiger partial charge in [0, 0.05) is 6.42 Å². The Balaban J connectivity index is 0.00000171. The Bertz CT molecular complexity index is 1370. The van der Waals surface area contributed by atoms with Gasteiger partial charge in [-0.3, -0.25) is 9.11 Å². The van der Waals surface area contributed by atoms with Gasteiger partial charge in [-0.15, -0.1) is 0 Å². The number of hydrogen-bond donors (Lipinski definition) is 2. The molecule has 0 radical (unpaired) electrons. The fourth-order valence-electron chi connectivity index (χ4n) is 3.66. The molecular formula is C21H18Na2O6S2. The first kappa shape index (κ1) is 26.5. The van der Waals surface area contributed by atoms with Gasteiger partial charge >= 0.3 is 59.1 Å². The molecule has 0 saturated carbocycles. The normalized spacial score (nSPS) is 11.7. The Morgan fingerprint density at radius 3 is 1.26 bits per heavy atom. The predicted molar refractivity (Wildman–Crippen MR) is 125 cm³/mol. The molecule has 0 heterocycles. The molecule has 0 atom stereocenters. The second kappa shape index (κ2) is 10.0. The van der Waals surface area contributed by atoms with Crippen LogP contribution in [0.1, 0.15) is 11.1 Å². The first-order valence-electron chi connectivity index (χ1n) is 8.62. The van der Waals surface area contributed by atoms with Gasteiger partial charge < -0.3 is 0 Å². The van der Waals surface area contributed by atoms with Crippen molar-refractivity contribution in [2.75, 3.05) is 0 Å². The summed E-state index contributed by atoms with van der Waals surface area (Å²) in [6.45, 7) is 0. The number of rotatable bonds is 4. The first-order valence-corrected chi connectivity index (χ1v) is 11.5. The van der Waals surface area contributed by atoms with Crippen molar-refractivity contribution in [1.82, 2.24) is 0 Å². The maximum atomic E-state index is 12.0. The summed E-state index contributed by atoms with van der Waals surface area (Å²) in [7, 11) is -9.12. The van der Waals surface area contributed by atoms with Crippen LogP contribution in [-0.4, -0.2) is 85.1 Å². The Morgan fingerprint density at radius 1 is 0.548 bits per heavy atom. The standard InChI is InChI=1S/C21H16O6S2.2Na.2H/c22-28(23,24)20-11-9-14-5-1-3-7-16(14)18(20)13-19-17-8-4-2-6-15(17)10-12-21(19)29(25,26)27;;;;/h1-12H,13H2,(H,22,23,24)(H,25,26,27);;;;. The molecular weight excluding hydrogens is 458 g/mol. The van der Waals surface area contributed by atoms with Gasteiger partial charge in [0.1, 0.15) is 0 Å². The third-order valence-electron chi connectivity index (χ3n) is 4.90. The summed E-state index contributed by atoms with van der Waals surface area (Å²) < 4.78 is 67.6. The number of hydrogen-bond acceptors (Lipinski definition) is 4. The molecule has 0 amide bonds. The van der Waals surface area contributed by atoms with Gasteiger partial charge in [-0.2, -0.15) is 16.8 Å². The van der Waals surface area contributed by atoms with Gasteiger partial charge in [0.25, 0.3) is 20.2 Å². The van der Waals surface area contributed by atoms with Crippen molar-refractivity contribution in [3.63, 3.8) is 0 Å². The predicted octanol–water partition coefficient (Wildman–Crippen LogP) is 2.78. The zero-order chi connectivity index (χ0) is 20.8. The fraction of sp³-hybridized carbons (Fsp3) is 0.0476. The van der Waals surface area contributed by atoms with E-state index in [0.717, 1.165) is 10.8 Å². The average molecular weight is 476 g/mol. The van der Waals surface area contributed by atoms with E-state index in [1.165, 1.54) is 12.1 Å². The van der Waals surface area contributed by atoms with Crippen LogP contribution in [0.3, 0.4) is 0 Å². The molecule has 152 valence electrons. The van der Waals surface area contributed by atoms with Crippen molar-refractivity contribution in [2.24, 2.45) is 0 Å². The summed E-state index contributed by atoms with van der Waals surface area (Å²) in [5.41, 5.74) is 0.513. The summed E-state index contributed by atoms with van der Waals surface area (Å²) in [6.07, 6.45) is -0.118. The van der Waals surface area contributed by atoms with Gasteiger partial charge in [0.2, 0.25) is 0 Å². The number of benzene rings is 4. The van der Waals surface area contributed by atoms with Crippen molar-refractivity contribution in [3.8, 4) is 0 Å². The van der Waals surface area contributed by atoms with Gasteiger partial charge in [-0.25, -0.2) is 0 Å². The van der Waals surface area contributed by atoms with Crippen LogP contribution in [0.2, 0.25) is 0 Å². The summed E-state index contributed by atoms with van der Waals surface area (Å²) in [5, 5.41) is 2.61. The minimum atomic E-state index is -4.56. The molecule has 0 aliphatic rings. The molecule has 4 aromatic carbocycles.